The molecular weight excluding hydrogens is 240 g/mol. The highest BCUT2D eigenvalue weighted by atomic mass is 16.1. The first-order chi connectivity index (χ1) is 9.24. The van der Waals surface area contributed by atoms with Crippen molar-refractivity contribution in [2.75, 3.05) is 5.73 Å². The molecule has 2 aromatic heterocycles. The number of pyridine rings is 1. The van der Waals surface area contributed by atoms with Crippen molar-refractivity contribution in [3.63, 3.8) is 0 Å². The number of benzene rings is 1. The van der Waals surface area contributed by atoms with Crippen LogP contribution in [0.4, 0.5) is 5.82 Å². The highest BCUT2D eigenvalue weighted by Gasteiger charge is 2.03. The van der Waals surface area contributed by atoms with Crippen molar-refractivity contribution in [1.29, 1.82) is 0 Å². The van der Waals surface area contributed by atoms with E-state index in [1.807, 2.05) is 28.8 Å². The minimum atomic E-state index is 0.0234. The Balaban J connectivity index is 2.08. The van der Waals surface area contributed by atoms with E-state index >= 15 is 0 Å². The molecule has 0 aliphatic carbocycles. The van der Waals surface area contributed by atoms with Gasteiger partial charge in [0.25, 0.3) is 0 Å². The number of hydrogen-bond acceptors (Lipinski definition) is 4. The molecule has 0 saturated heterocycles. The normalized spacial score (nSPS) is 10.7. The van der Waals surface area contributed by atoms with E-state index in [9.17, 15) is 4.79 Å². The van der Waals surface area contributed by atoms with Crippen LogP contribution in [0, 0.1) is 0 Å². The predicted molar refractivity (Wildman–Crippen MR) is 73.8 cm³/mol. The summed E-state index contributed by atoms with van der Waals surface area (Å²) < 4.78 is 1.97. The van der Waals surface area contributed by atoms with Crippen molar-refractivity contribution >= 4 is 16.7 Å². The van der Waals surface area contributed by atoms with Gasteiger partial charge >= 0.3 is 0 Å². The molecule has 3 rings (SSSR count). The molecule has 0 fully saturated rings. The van der Waals surface area contributed by atoms with E-state index in [0.717, 1.165) is 11.2 Å². The Morgan fingerprint density at radius 2 is 1.95 bits per heavy atom. The number of hydrogen-bond donors (Lipinski definition) is 1. The number of nitrogen functional groups attached to an aromatic ring is 1. The fourth-order valence-corrected chi connectivity index (χ4v) is 2.02. The monoisotopic (exact) mass is 252 g/mol. The number of nitrogens with zero attached hydrogens (tertiary/aromatic N) is 3. The van der Waals surface area contributed by atoms with Crippen molar-refractivity contribution in [1.82, 2.24) is 14.5 Å². The lowest BCUT2D eigenvalue weighted by atomic mass is 10.2. The standard InChI is InChI=1S/C14H12N4O/c15-14-8-16-10(7-17-14)9-18-6-5-13(19)11-3-1-2-4-12(11)18/h1-8H,9H2,(H2,15,17). The maximum atomic E-state index is 11.8. The zero-order valence-corrected chi connectivity index (χ0v) is 10.2. The van der Waals surface area contributed by atoms with Crippen molar-refractivity contribution in [2.45, 2.75) is 6.54 Å². The second-order valence-electron chi connectivity index (χ2n) is 4.26. The maximum absolute atomic E-state index is 11.8. The lowest BCUT2D eigenvalue weighted by Crippen LogP contribution is -2.09. The van der Waals surface area contributed by atoms with Gasteiger partial charge in [0.1, 0.15) is 5.82 Å². The lowest BCUT2D eigenvalue weighted by Gasteiger charge is -2.09. The van der Waals surface area contributed by atoms with Crippen LogP contribution in [0.15, 0.2) is 53.7 Å². The summed E-state index contributed by atoms with van der Waals surface area (Å²) in [7, 11) is 0. The summed E-state index contributed by atoms with van der Waals surface area (Å²) in [6, 6.07) is 9.07. The van der Waals surface area contributed by atoms with Crippen LogP contribution >= 0.6 is 0 Å². The van der Waals surface area contributed by atoms with E-state index in [1.54, 1.807) is 18.5 Å². The second kappa shape index (κ2) is 4.53. The number of anilines is 1. The van der Waals surface area contributed by atoms with Gasteiger partial charge in [-0.05, 0) is 12.1 Å². The summed E-state index contributed by atoms with van der Waals surface area (Å²) >= 11 is 0. The maximum Gasteiger partial charge on any atom is 0.189 e. The van der Waals surface area contributed by atoms with Gasteiger partial charge in [-0.15, -0.1) is 0 Å². The first-order valence-corrected chi connectivity index (χ1v) is 5.88. The Bertz CT molecular complexity index is 777. The van der Waals surface area contributed by atoms with E-state index in [2.05, 4.69) is 9.97 Å². The zero-order chi connectivity index (χ0) is 13.2. The third kappa shape index (κ3) is 2.18. The van der Waals surface area contributed by atoms with Crippen LogP contribution in [-0.2, 0) is 6.54 Å². The fraction of sp³-hybridized carbons (Fsp3) is 0.0714. The highest BCUT2D eigenvalue weighted by molar-refractivity contribution is 5.78. The van der Waals surface area contributed by atoms with E-state index in [0.29, 0.717) is 17.7 Å². The van der Waals surface area contributed by atoms with Crippen molar-refractivity contribution < 1.29 is 0 Å². The lowest BCUT2D eigenvalue weighted by molar-refractivity contribution is 0.792. The highest BCUT2D eigenvalue weighted by Crippen LogP contribution is 2.11. The molecule has 0 unspecified atom stereocenters. The van der Waals surface area contributed by atoms with Crippen molar-refractivity contribution in [3.05, 3.63) is 64.8 Å². The Kier molecular flexibility index (Phi) is 2.72. The van der Waals surface area contributed by atoms with Crippen molar-refractivity contribution in [3.8, 4) is 0 Å². The van der Waals surface area contributed by atoms with Crippen LogP contribution in [0.2, 0.25) is 0 Å². The summed E-state index contributed by atoms with van der Waals surface area (Å²) in [6.45, 7) is 0.550. The van der Waals surface area contributed by atoms with Crippen LogP contribution in [0.1, 0.15) is 5.69 Å². The Morgan fingerprint density at radius 3 is 2.74 bits per heavy atom. The smallest absolute Gasteiger partial charge is 0.189 e. The molecule has 0 aliphatic heterocycles. The molecule has 19 heavy (non-hydrogen) atoms. The molecule has 0 amide bonds. The van der Waals surface area contributed by atoms with Gasteiger partial charge in [0.05, 0.1) is 30.1 Å². The van der Waals surface area contributed by atoms with Crippen LogP contribution in [-0.4, -0.2) is 14.5 Å². The third-order valence-electron chi connectivity index (χ3n) is 2.94. The van der Waals surface area contributed by atoms with Crippen LogP contribution in [0.25, 0.3) is 10.9 Å². The number of nitrogens with two attached hydrogens (primary N) is 1. The number of aromatic nitrogens is 3. The minimum absolute atomic E-state index is 0.0234. The predicted octanol–water partition coefficient (Wildman–Crippen LogP) is 1.42. The molecule has 5 nitrogen and oxygen atoms in total. The first-order valence-electron chi connectivity index (χ1n) is 5.88. The van der Waals surface area contributed by atoms with Crippen LogP contribution in [0.3, 0.4) is 0 Å². The largest absolute Gasteiger partial charge is 0.382 e. The van der Waals surface area contributed by atoms with Crippen LogP contribution < -0.4 is 11.2 Å². The second-order valence-corrected chi connectivity index (χ2v) is 4.26. The molecule has 3 aromatic rings. The zero-order valence-electron chi connectivity index (χ0n) is 10.2. The Morgan fingerprint density at radius 1 is 1.11 bits per heavy atom. The summed E-state index contributed by atoms with van der Waals surface area (Å²) in [4.78, 5) is 20.0. The topological polar surface area (TPSA) is 73.8 Å². The quantitative estimate of drug-likeness (QED) is 0.748. The van der Waals surface area contributed by atoms with Gasteiger partial charge in [-0.2, -0.15) is 0 Å². The Labute approximate surface area is 109 Å². The molecule has 1 aromatic carbocycles. The molecule has 0 radical (unpaired) electrons. The van der Waals surface area contributed by atoms with Gasteiger partial charge in [-0.1, -0.05) is 12.1 Å². The SMILES string of the molecule is Nc1cnc(Cn2ccc(=O)c3ccccc32)cn1. The molecule has 94 valence electrons. The van der Waals surface area contributed by atoms with Crippen LogP contribution in [0.5, 0.6) is 0 Å². The van der Waals surface area contributed by atoms with E-state index in [-0.39, 0.29) is 5.43 Å². The molecule has 2 heterocycles. The van der Waals surface area contributed by atoms with Gasteiger partial charge in [-0.25, -0.2) is 4.98 Å². The number of para-hydroxylation sites is 1. The summed E-state index contributed by atoms with van der Waals surface area (Å²) in [5, 5.41) is 0.702. The molecule has 0 atom stereocenters. The molecule has 5 heteroatoms. The Hall–Kier alpha value is -2.69. The van der Waals surface area contributed by atoms with Gasteiger partial charge < -0.3 is 10.3 Å². The summed E-state index contributed by atoms with van der Waals surface area (Å²) in [5.74, 6) is 0.397. The van der Waals surface area contributed by atoms with Gasteiger partial charge in [-0.3, -0.25) is 9.78 Å². The molecule has 0 aliphatic rings. The average molecular weight is 252 g/mol. The molecule has 0 bridgehead atoms. The third-order valence-corrected chi connectivity index (χ3v) is 2.94. The number of rotatable bonds is 2. The van der Waals surface area contributed by atoms with Gasteiger partial charge in [0.2, 0.25) is 0 Å². The van der Waals surface area contributed by atoms with Crippen molar-refractivity contribution in [2.24, 2.45) is 0 Å². The molecule has 0 saturated carbocycles. The average Bonchev–Trinajstić information content (AvgIpc) is 2.45. The number of fused-ring (bicyclic) bond motifs is 1. The molecule has 0 spiro atoms. The fourth-order valence-electron chi connectivity index (χ4n) is 2.02. The molecular formula is C14H12N4O. The summed E-state index contributed by atoms with van der Waals surface area (Å²) in [6.07, 6.45) is 4.94. The molecule has 2 N–H and O–H groups in total. The summed E-state index contributed by atoms with van der Waals surface area (Å²) in [5.41, 5.74) is 7.21. The van der Waals surface area contributed by atoms with E-state index in [1.165, 1.54) is 6.20 Å². The first kappa shape index (κ1) is 11.4. The van der Waals surface area contributed by atoms with E-state index < -0.39 is 0 Å². The van der Waals surface area contributed by atoms with Gasteiger partial charge in [0.15, 0.2) is 5.43 Å². The van der Waals surface area contributed by atoms with E-state index in [4.69, 9.17) is 5.73 Å². The van der Waals surface area contributed by atoms with Gasteiger partial charge in [0, 0.05) is 17.6 Å². The minimum Gasteiger partial charge on any atom is -0.382 e.